The Bertz CT molecular complexity index is 855. The molecule has 2 aromatic rings. The van der Waals surface area contributed by atoms with E-state index < -0.39 is 14.9 Å². The number of hydrogen-bond donors (Lipinski definition) is 1. The quantitative estimate of drug-likeness (QED) is 0.620. The van der Waals surface area contributed by atoms with Crippen molar-refractivity contribution in [1.82, 2.24) is 4.72 Å². The molecule has 8 heteroatoms. The van der Waals surface area contributed by atoms with Crippen LogP contribution in [0.4, 0.5) is 5.69 Å². The predicted octanol–water partition coefficient (Wildman–Crippen LogP) is 3.19. The minimum atomic E-state index is -3.73. The Morgan fingerprint density at radius 3 is 2.48 bits per heavy atom. The summed E-state index contributed by atoms with van der Waals surface area (Å²) < 4.78 is 27.7. The van der Waals surface area contributed by atoms with Crippen molar-refractivity contribution in [2.24, 2.45) is 0 Å². The van der Waals surface area contributed by atoms with Gasteiger partial charge in [-0.2, -0.15) is 0 Å². The van der Waals surface area contributed by atoms with Gasteiger partial charge >= 0.3 is 0 Å². The van der Waals surface area contributed by atoms with Gasteiger partial charge in [0, 0.05) is 28.6 Å². The van der Waals surface area contributed by atoms with Gasteiger partial charge < -0.3 is 0 Å². The fourth-order valence-electron chi connectivity index (χ4n) is 2.48. The summed E-state index contributed by atoms with van der Waals surface area (Å²) in [4.78, 5) is 10.2. The number of halogens is 1. The van der Waals surface area contributed by atoms with Crippen LogP contribution in [0.1, 0.15) is 17.9 Å². The lowest BCUT2D eigenvalue weighted by molar-refractivity contribution is -0.385. The summed E-state index contributed by atoms with van der Waals surface area (Å²) in [7, 11) is -3.73. The molecule has 23 heavy (non-hydrogen) atoms. The molecule has 0 heterocycles. The first-order chi connectivity index (χ1) is 10.9. The molecule has 0 bridgehead atoms. The molecule has 0 unspecified atom stereocenters. The van der Waals surface area contributed by atoms with Crippen LogP contribution in [0.3, 0.4) is 0 Å². The zero-order valence-corrected chi connectivity index (χ0v) is 14.2. The highest BCUT2D eigenvalue weighted by atomic mass is 79.9. The number of non-ortho nitro benzene ring substituents is 1. The molecule has 1 N–H and O–H groups in total. The van der Waals surface area contributed by atoms with E-state index in [2.05, 4.69) is 20.7 Å². The average molecular weight is 397 g/mol. The van der Waals surface area contributed by atoms with Crippen LogP contribution < -0.4 is 4.72 Å². The summed E-state index contributed by atoms with van der Waals surface area (Å²) in [6, 6.07) is 13.2. The number of nitrogens with one attached hydrogen (secondary N) is 1. The largest absolute Gasteiger partial charge is 0.270 e. The minimum absolute atomic E-state index is 0.00168. The summed E-state index contributed by atoms with van der Waals surface area (Å²) in [5, 5.41) is 10.7. The Labute approximate surface area is 141 Å². The monoisotopic (exact) mass is 396 g/mol. The highest BCUT2D eigenvalue weighted by Crippen LogP contribution is 2.41. The summed E-state index contributed by atoms with van der Waals surface area (Å²) in [6.45, 7) is 0. The Hall–Kier alpha value is -1.77. The lowest BCUT2D eigenvalue weighted by Crippen LogP contribution is -2.27. The Morgan fingerprint density at radius 2 is 1.87 bits per heavy atom. The van der Waals surface area contributed by atoms with E-state index in [0.29, 0.717) is 0 Å². The summed E-state index contributed by atoms with van der Waals surface area (Å²) in [6.07, 6.45) is 0.744. The fraction of sp³-hybridized carbons (Fsp3) is 0.200. The van der Waals surface area contributed by atoms with Crippen molar-refractivity contribution in [2.75, 3.05) is 0 Å². The smallest absolute Gasteiger partial charge is 0.258 e. The molecule has 6 nitrogen and oxygen atoms in total. The van der Waals surface area contributed by atoms with Gasteiger partial charge in [-0.15, -0.1) is 0 Å². The van der Waals surface area contributed by atoms with Crippen LogP contribution in [0.5, 0.6) is 0 Å². The second-order valence-electron chi connectivity index (χ2n) is 5.35. The first kappa shape index (κ1) is 16.1. The van der Waals surface area contributed by atoms with Crippen molar-refractivity contribution in [3.63, 3.8) is 0 Å². The molecule has 1 saturated carbocycles. The van der Waals surface area contributed by atoms with Gasteiger partial charge in [0.25, 0.3) is 5.69 Å². The molecule has 1 fully saturated rings. The predicted molar refractivity (Wildman–Crippen MR) is 88.7 cm³/mol. The van der Waals surface area contributed by atoms with Crippen LogP contribution in [0.15, 0.2) is 57.9 Å². The van der Waals surface area contributed by atoms with Gasteiger partial charge in [0.1, 0.15) is 0 Å². The topological polar surface area (TPSA) is 89.3 Å². The number of rotatable bonds is 5. The van der Waals surface area contributed by atoms with Gasteiger partial charge in [0.05, 0.1) is 9.82 Å². The third kappa shape index (κ3) is 3.44. The summed E-state index contributed by atoms with van der Waals surface area (Å²) >= 11 is 3.10. The van der Waals surface area contributed by atoms with Crippen LogP contribution in [-0.4, -0.2) is 19.4 Å². The van der Waals surface area contributed by atoms with E-state index in [9.17, 15) is 18.5 Å². The van der Waals surface area contributed by atoms with Crippen molar-refractivity contribution in [2.45, 2.75) is 23.3 Å². The van der Waals surface area contributed by atoms with Crippen molar-refractivity contribution < 1.29 is 13.3 Å². The lowest BCUT2D eigenvalue weighted by Gasteiger charge is -2.08. The van der Waals surface area contributed by atoms with Crippen LogP contribution in [-0.2, 0) is 10.0 Å². The molecule has 0 aromatic heterocycles. The highest BCUT2D eigenvalue weighted by molar-refractivity contribution is 9.10. The van der Waals surface area contributed by atoms with E-state index in [0.717, 1.165) is 12.0 Å². The van der Waals surface area contributed by atoms with Crippen molar-refractivity contribution in [3.05, 3.63) is 68.7 Å². The maximum atomic E-state index is 12.5. The van der Waals surface area contributed by atoms with E-state index in [4.69, 9.17) is 0 Å². The molecule has 2 aromatic carbocycles. The number of sulfonamides is 1. The normalized spacial score (nSPS) is 20.2. The standard InChI is InChI=1S/C15H13BrN2O4S/c16-13-8-11(18(19)20)6-7-15(13)23(21,22)17-14-9-12(14)10-4-2-1-3-5-10/h1-8,12,14,17H,9H2/t12-,14+/m0/s1. The fourth-order valence-corrected chi connectivity index (χ4v) is 4.83. The van der Waals surface area contributed by atoms with E-state index >= 15 is 0 Å². The first-order valence-corrected chi connectivity index (χ1v) is 9.17. The third-order valence-corrected chi connectivity index (χ3v) is 6.21. The molecule has 120 valence electrons. The number of nitrogens with zero attached hydrogens (tertiary/aromatic N) is 1. The molecule has 0 aliphatic heterocycles. The number of nitro benzene ring substituents is 1. The van der Waals surface area contributed by atoms with Crippen molar-refractivity contribution in [3.8, 4) is 0 Å². The highest BCUT2D eigenvalue weighted by Gasteiger charge is 2.41. The van der Waals surface area contributed by atoms with Crippen LogP contribution in [0, 0.1) is 10.1 Å². The van der Waals surface area contributed by atoms with Gasteiger partial charge in [-0.3, -0.25) is 10.1 Å². The van der Waals surface area contributed by atoms with Crippen molar-refractivity contribution >= 4 is 31.6 Å². The maximum absolute atomic E-state index is 12.5. The number of nitro groups is 1. The molecule has 0 spiro atoms. The van der Waals surface area contributed by atoms with E-state index in [-0.39, 0.29) is 27.0 Å². The van der Waals surface area contributed by atoms with Crippen molar-refractivity contribution in [1.29, 1.82) is 0 Å². The summed E-state index contributed by atoms with van der Waals surface area (Å²) in [5.74, 6) is 0.169. The van der Waals surface area contributed by atoms with Gasteiger partial charge in [-0.25, -0.2) is 13.1 Å². The molecule has 0 radical (unpaired) electrons. The van der Waals surface area contributed by atoms with E-state index in [1.165, 1.54) is 18.2 Å². The molecule has 0 saturated heterocycles. The zero-order chi connectivity index (χ0) is 16.6. The number of hydrogen-bond acceptors (Lipinski definition) is 4. The second kappa shape index (κ2) is 6.03. The first-order valence-electron chi connectivity index (χ1n) is 6.90. The molecular formula is C15H13BrN2O4S. The molecular weight excluding hydrogens is 384 g/mol. The van der Waals surface area contributed by atoms with Gasteiger partial charge in [0.15, 0.2) is 0 Å². The summed E-state index contributed by atoms with van der Waals surface area (Å²) in [5.41, 5.74) is 0.937. The van der Waals surface area contributed by atoms with E-state index in [1.54, 1.807) is 0 Å². The Morgan fingerprint density at radius 1 is 1.17 bits per heavy atom. The molecule has 3 rings (SSSR count). The Balaban J connectivity index is 1.77. The molecule has 2 atom stereocenters. The lowest BCUT2D eigenvalue weighted by atomic mass is 10.1. The van der Waals surface area contributed by atoms with E-state index in [1.807, 2.05) is 30.3 Å². The second-order valence-corrected chi connectivity index (χ2v) is 7.89. The van der Waals surface area contributed by atoms with Gasteiger partial charge in [0.2, 0.25) is 10.0 Å². The van der Waals surface area contributed by atoms with Crippen LogP contribution in [0.25, 0.3) is 0 Å². The zero-order valence-electron chi connectivity index (χ0n) is 11.8. The number of benzene rings is 2. The molecule has 1 aliphatic rings. The molecule has 1 aliphatic carbocycles. The maximum Gasteiger partial charge on any atom is 0.270 e. The van der Waals surface area contributed by atoms with Gasteiger partial charge in [-0.05, 0) is 34.0 Å². The average Bonchev–Trinajstić information content (AvgIpc) is 3.26. The third-order valence-electron chi connectivity index (χ3n) is 3.74. The van der Waals surface area contributed by atoms with Crippen LogP contribution >= 0.6 is 15.9 Å². The Kier molecular flexibility index (Phi) is 4.22. The van der Waals surface area contributed by atoms with Crippen LogP contribution in [0.2, 0.25) is 0 Å². The van der Waals surface area contributed by atoms with Gasteiger partial charge in [-0.1, -0.05) is 30.3 Å². The molecule has 0 amide bonds. The minimum Gasteiger partial charge on any atom is -0.258 e. The SMILES string of the molecule is O=[N+]([O-])c1ccc(S(=O)(=O)N[C@@H]2C[C@H]2c2ccccc2)c(Br)c1.